The predicted octanol–water partition coefficient (Wildman–Crippen LogP) is 19.3. The van der Waals surface area contributed by atoms with E-state index in [4.69, 9.17) is 0 Å². The van der Waals surface area contributed by atoms with Gasteiger partial charge < -0.3 is 9.47 Å². The lowest BCUT2D eigenvalue weighted by atomic mass is 9.70. The van der Waals surface area contributed by atoms with Crippen LogP contribution in [0.4, 0.5) is 17.1 Å². The number of rotatable bonds is 4. The van der Waals surface area contributed by atoms with Crippen LogP contribution in [-0.4, -0.2) is 4.57 Å². The zero-order valence-electron chi connectivity index (χ0n) is 41.7. The van der Waals surface area contributed by atoms with Gasteiger partial charge in [-0.3, -0.25) is 0 Å². The van der Waals surface area contributed by atoms with E-state index in [1.54, 1.807) is 0 Å². The molecule has 14 aromatic rings. The molecule has 4 aliphatic rings. The van der Waals surface area contributed by atoms with E-state index in [9.17, 15) is 0 Å². The highest BCUT2D eigenvalue weighted by Crippen LogP contribution is 2.68. The van der Waals surface area contributed by atoms with Gasteiger partial charge in [-0.05, 0) is 126 Å². The lowest BCUT2D eigenvalue weighted by Crippen LogP contribution is -2.26. The average molecular weight is 993 g/mol. The third kappa shape index (κ3) is 5.07. The van der Waals surface area contributed by atoms with Crippen LogP contribution in [0.2, 0.25) is 0 Å². The first-order valence-corrected chi connectivity index (χ1v) is 27.7. The van der Waals surface area contributed by atoms with Crippen LogP contribution in [0.1, 0.15) is 44.5 Å². The average Bonchev–Trinajstić information content (AvgIpc) is 4.51. The minimum Gasteiger partial charge on any atom is -0.309 e. The van der Waals surface area contributed by atoms with Crippen molar-refractivity contribution in [1.82, 2.24) is 4.57 Å². The molecule has 2 nitrogen and oxygen atoms in total. The Balaban J connectivity index is 0.987. The molecule has 2 aromatic heterocycles. The quantitative estimate of drug-likeness (QED) is 0.171. The van der Waals surface area contributed by atoms with Gasteiger partial charge in [-0.1, -0.05) is 218 Å². The highest BCUT2D eigenvalue weighted by molar-refractivity contribution is 7.26. The van der Waals surface area contributed by atoms with Crippen molar-refractivity contribution < 1.29 is 0 Å². The SMILES string of the molecule is c1ccc(-n2c3cc(N(c4cccc5c4-c4ccccc4C54c5ccccc5-c5ccccc54)c4cccc5c4-c4ccccc4C54c5ccccc5-c5ccccc54)ccc3c3ccc4sc5ccccc5c4c32)cc1. The van der Waals surface area contributed by atoms with Crippen LogP contribution in [0.25, 0.3) is 92.2 Å². The fourth-order valence-corrected chi connectivity index (χ4v) is 16.4. The summed E-state index contributed by atoms with van der Waals surface area (Å²) < 4.78 is 5.15. The molecule has 77 heavy (non-hydrogen) atoms. The monoisotopic (exact) mass is 992 g/mol. The van der Waals surface area contributed by atoms with Crippen LogP contribution in [0.5, 0.6) is 0 Å². The number of para-hydroxylation sites is 1. The molecule has 4 aliphatic carbocycles. The molecule has 0 unspecified atom stereocenters. The van der Waals surface area contributed by atoms with Crippen LogP contribution >= 0.6 is 11.3 Å². The zero-order valence-corrected chi connectivity index (χ0v) is 42.5. The predicted molar refractivity (Wildman–Crippen MR) is 321 cm³/mol. The first-order valence-electron chi connectivity index (χ1n) is 26.8. The maximum absolute atomic E-state index is 2.64. The van der Waals surface area contributed by atoms with Crippen molar-refractivity contribution in [3.63, 3.8) is 0 Å². The van der Waals surface area contributed by atoms with Gasteiger partial charge >= 0.3 is 0 Å². The second kappa shape index (κ2) is 15.1. The second-order valence-electron chi connectivity index (χ2n) is 21.3. The van der Waals surface area contributed by atoms with E-state index < -0.39 is 10.8 Å². The standard InChI is InChI=1S/C74H44N2S/c1-2-20-45(21-3-1)76-66-44-46(40-41-51(66)52-42-43-68-71(72(52)76)55-28-10-17-39-67(55)77-68)75(64-37-18-35-62-69(64)53-26-8-15-33-60(53)73(62)56-29-11-4-22-47(56)48-23-5-12-30-57(48)73)65-38-19-36-63-70(65)54-27-9-16-34-61(54)74(63)58-31-13-6-24-49(58)50-25-7-14-32-59(50)74/h1-44H. The van der Waals surface area contributed by atoms with Crippen molar-refractivity contribution in [1.29, 1.82) is 0 Å². The van der Waals surface area contributed by atoms with Crippen LogP contribution in [0.3, 0.4) is 0 Å². The fourth-order valence-electron chi connectivity index (χ4n) is 15.3. The maximum atomic E-state index is 2.64. The van der Waals surface area contributed by atoms with Crippen molar-refractivity contribution in [2.45, 2.75) is 10.8 Å². The molecule has 2 spiro atoms. The molecule has 3 heteroatoms. The molecule has 0 bridgehead atoms. The van der Waals surface area contributed by atoms with Gasteiger partial charge in [0.1, 0.15) is 0 Å². The summed E-state index contributed by atoms with van der Waals surface area (Å²) in [6, 6.07) is 101. The maximum Gasteiger partial charge on any atom is 0.0726 e. The summed E-state index contributed by atoms with van der Waals surface area (Å²) in [6.07, 6.45) is 0. The summed E-state index contributed by atoms with van der Waals surface area (Å²) in [5.41, 5.74) is 26.9. The minimum absolute atomic E-state index is 0.508. The third-order valence-corrected chi connectivity index (χ3v) is 19.1. The Morgan fingerprint density at radius 1 is 0.312 bits per heavy atom. The van der Waals surface area contributed by atoms with Gasteiger partial charge in [0.05, 0.1) is 33.2 Å². The number of thiophene rings is 1. The van der Waals surface area contributed by atoms with Gasteiger partial charge in [-0.25, -0.2) is 0 Å². The van der Waals surface area contributed by atoms with Gasteiger partial charge in [-0.15, -0.1) is 11.3 Å². The Bertz CT molecular complexity index is 4610. The lowest BCUT2D eigenvalue weighted by molar-refractivity contribution is 0.793. The zero-order chi connectivity index (χ0) is 50.1. The number of benzene rings is 12. The Morgan fingerprint density at radius 3 is 1.27 bits per heavy atom. The molecule has 0 atom stereocenters. The fraction of sp³-hybridized carbons (Fsp3) is 0.0270. The molecule has 0 N–H and O–H groups in total. The smallest absolute Gasteiger partial charge is 0.0726 e. The highest BCUT2D eigenvalue weighted by Gasteiger charge is 2.54. The number of hydrogen-bond donors (Lipinski definition) is 0. The Kier molecular flexibility index (Phi) is 8.18. The topological polar surface area (TPSA) is 8.17 Å². The van der Waals surface area contributed by atoms with E-state index in [0.717, 1.165) is 22.7 Å². The van der Waals surface area contributed by atoms with Crippen LogP contribution in [0, 0.1) is 0 Å². The van der Waals surface area contributed by atoms with Gasteiger partial charge in [0.15, 0.2) is 0 Å². The van der Waals surface area contributed by atoms with E-state index >= 15 is 0 Å². The molecule has 0 saturated carbocycles. The van der Waals surface area contributed by atoms with Crippen molar-refractivity contribution in [2.75, 3.05) is 4.90 Å². The number of anilines is 3. The normalized spacial score (nSPS) is 14.2. The summed E-state index contributed by atoms with van der Waals surface area (Å²) in [5.74, 6) is 0. The number of aromatic nitrogens is 1. The van der Waals surface area contributed by atoms with Crippen LogP contribution < -0.4 is 4.90 Å². The molecule has 356 valence electrons. The first kappa shape index (κ1) is 41.8. The molecule has 0 saturated heterocycles. The van der Waals surface area contributed by atoms with E-state index in [2.05, 4.69) is 276 Å². The Labute approximate surface area is 449 Å². The minimum atomic E-state index is -0.508. The van der Waals surface area contributed by atoms with E-state index in [1.165, 1.54) is 131 Å². The Hall–Kier alpha value is -9.54. The van der Waals surface area contributed by atoms with Crippen LogP contribution in [-0.2, 0) is 10.8 Å². The van der Waals surface area contributed by atoms with Gasteiger partial charge in [-0.2, -0.15) is 0 Å². The van der Waals surface area contributed by atoms with Gasteiger partial charge in [0.2, 0.25) is 0 Å². The van der Waals surface area contributed by atoms with Crippen LogP contribution in [0.15, 0.2) is 267 Å². The lowest BCUT2D eigenvalue weighted by Gasteiger charge is -2.33. The molecule has 0 radical (unpaired) electrons. The summed E-state index contributed by atoms with van der Waals surface area (Å²) >= 11 is 1.88. The highest BCUT2D eigenvalue weighted by atomic mass is 32.1. The van der Waals surface area contributed by atoms with Gasteiger partial charge in [0, 0.05) is 53.4 Å². The molecule has 2 heterocycles. The molecule has 0 fully saturated rings. The largest absolute Gasteiger partial charge is 0.309 e. The number of fused-ring (bicyclic) bond motifs is 27. The third-order valence-electron chi connectivity index (χ3n) is 18.0. The summed E-state index contributed by atoms with van der Waals surface area (Å²) in [6.45, 7) is 0. The molecular weight excluding hydrogens is 949 g/mol. The summed E-state index contributed by atoms with van der Waals surface area (Å²) in [4.78, 5) is 2.64. The number of nitrogens with zero attached hydrogens (tertiary/aromatic N) is 2. The second-order valence-corrected chi connectivity index (χ2v) is 22.4. The molecule has 0 aliphatic heterocycles. The van der Waals surface area contributed by atoms with Crippen molar-refractivity contribution in [2.24, 2.45) is 0 Å². The summed E-state index contributed by atoms with van der Waals surface area (Å²) in [7, 11) is 0. The van der Waals surface area contributed by atoms with Crippen molar-refractivity contribution in [3.8, 4) is 50.2 Å². The van der Waals surface area contributed by atoms with E-state index in [1.807, 2.05) is 11.3 Å². The van der Waals surface area contributed by atoms with Gasteiger partial charge in [0.25, 0.3) is 0 Å². The van der Waals surface area contributed by atoms with E-state index in [-0.39, 0.29) is 0 Å². The van der Waals surface area contributed by atoms with E-state index in [0.29, 0.717) is 0 Å². The number of hydrogen-bond acceptors (Lipinski definition) is 2. The van der Waals surface area contributed by atoms with Crippen molar-refractivity contribution >= 4 is 70.4 Å². The Morgan fingerprint density at radius 2 is 0.740 bits per heavy atom. The molecule has 12 aromatic carbocycles. The van der Waals surface area contributed by atoms with Crippen molar-refractivity contribution in [3.05, 3.63) is 311 Å². The molecular formula is C74H44N2S. The molecule has 18 rings (SSSR count). The first-order chi connectivity index (χ1) is 38.2. The molecule has 0 amide bonds. The summed E-state index contributed by atoms with van der Waals surface area (Å²) in [5, 5.41) is 5.09.